The lowest BCUT2D eigenvalue weighted by Crippen LogP contribution is -2.45. The van der Waals surface area contributed by atoms with Crippen LogP contribution in [0.2, 0.25) is 0 Å². The number of piperidine rings is 1. The van der Waals surface area contributed by atoms with E-state index >= 15 is 0 Å². The van der Waals surface area contributed by atoms with Gasteiger partial charge in [0.05, 0.1) is 13.0 Å². The van der Waals surface area contributed by atoms with Gasteiger partial charge in [0.15, 0.2) is 11.5 Å². The first kappa shape index (κ1) is 23.4. The van der Waals surface area contributed by atoms with Crippen molar-refractivity contribution >= 4 is 11.8 Å². The normalized spacial score (nSPS) is 16.1. The number of nitrogens with zero attached hydrogens (tertiary/aromatic N) is 2. The van der Waals surface area contributed by atoms with Crippen molar-refractivity contribution in [2.24, 2.45) is 5.92 Å². The molecule has 6 nitrogen and oxygen atoms in total. The molecule has 0 radical (unpaired) electrons. The van der Waals surface area contributed by atoms with Gasteiger partial charge in [0, 0.05) is 32.2 Å². The molecule has 1 aliphatic rings. The van der Waals surface area contributed by atoms with E-state index in [1.54, 1.807) is 18.0 Å². The first-order valence-corrected chi connectivity index (χ1v) is 10.2. The molecule has 1 fully saturated rings. The van der Waals surface area contributed by atoms with E-state index in [-0.39, 0.29) is 42.3 Å². The lowest BCUT2D eigenvalue weighted by Gasteiger charge is -2.34. The SMILES string of the molecule is COc1ccc(CN(C)C(=O)C2CCCN(C(=O)c3ccc(F)cc3)C2)cc1OC(F)F. The molecule has 1 aliphatic heterocycles. The second kappa shape index (κ2) is 10.4. The number of carbonyl (C=O) groups excluding carboxylic acids is 2. The van der Waals surface area contributed by atoms with Gasteiger partial charge in [0.2, 0.25) is 5.91 Å². The van der Waals surface area contributed by atoms with Crippen LogP contribution in [0.3, 0.4) is 0 Å². The topological polar surface area (TPSA) is 59.1 Å². The number of hydrogen-bond donors (Lipinski definition) is 0. The Bertz CT molecular complexity index is 953. The molecule has 1 unspecified atom stereocenters. The van der Waals surface area contributed by atoms with Gasteiger partial charge < -0.3 is 19.3 Å². The van der Waals surface area contributed by atoms with Crippen LogP contribution in [-0.4, -0.2) is 55.5 Å². The smallest absolute Gasteiger partial charge is 0.387 e. The van der Waals surface area contributed by atoms with Crippen molar-refractivity contribution in [3.63, 3.8) is 0 Å². The number of likely N-dealkylation sites (tertiary alicyclic amines) is 1. The second-order valence-electron chi connectivity index (χ2n) is 7.66. The lowest BCUT2D eigenvalue weighted by atomic mass is 9.95. The summed E-state index contributed by atoms with van der Waals surface area (Å²) in [6.07, 6.45) is 1.31. The largest absolute Gasteiger partial charge is 0.493 e. The molecule has 2 amide bonds. The van der Waals surface area contributed by atoms with E-state index in [2.05, 4.69) is 4.74 Å². The maximum absolute atomic E-state index is 13.1. The minimum Gasteiger partial charge on any atom is -0.493 e. The monoisotopic (exact) mass is 450 g/mol. The summed E-state index contributed by atoms with van der Waals surface area (Å²) in [5.74, 6) is -1.12. The molecule has 2 aromatic carbocycles. The summed E-state index contributed by atoms with van der Waals surface area (Å²) in [4.78, 5) is 28.8. The Balaban J connectivity index is 1.65. The van der Waals surface area contributed by atoms with Crippen molar-refractivity contribution < 1.29 is 32.2 Å². The zero-order valence-electron chi connectivity index (χ0n) is 17.9. The zero-order valence-corrected chi connectivity index (χ0v) is 17.9. The molecular weight excluding hydrogens is 425 g/mol. The van der Waals surface area contributed by atoms with E-state index in [1.807, 2.05) is 0 Å². The van der Waals surface area contributed by atoms with Gasteiger partial charge in [-0.1, -0.05) is 6.07 Å². The van der Waals surface area contributed by atoms with Gasteiger partial charge in [0.25, 0.3) is 5.91 Å². The van der Waals surface area contributed by atoms with Gasteiger partial charge >= 0.3 is 6.61 Å². The number of ether oxygens (including phenoxy) is 2. The number of carbonyl (C=O) groups is 2. The van der Waals surface area contributed by atoms with Crippen LogP contribution in [-0.2, 0) is 11.3 Å². The molecule has 0 spiro atoms. The maximum Gasteiger partial charge on any atom is 0.387 e. The van der Waals surface area contributed by atoms with Crippen molar-refractivity contribution in [2.75, 3.05) is 27.2 Å². The van der Waals surface area contributed by atoms with Crippen molar-refractivity contribution in [1.82, 2.24) is 9.80 Å². The molecule has 172 valence electrons. The molecular formula is C23H25F3N2O4. The molecule has 9 heteroatoms. The van der Waals surface area contributed by atoms with E-state index in [1.165, 1.54) is 48.4 Å². The fourth-order valence-electron chi connectivity index (χ4n) is 3.81. The van der Waals surface area contributed by atoms with Crippen molar-refractivity contribution in [2.45, 2.75) is 26.0 Å². The third kappa shape index (κ3) is 5.72. The minimum atomic E-state index is -3.00. The van der Waals surface area contributed by atoms with Gasteiger partial charge in [0.1, 0.15) is 5.82 Å². The number of halogens is 3. The van der Waals surface area contributed by atoms with Crippen LogP contribution in [0.1, 0.15) is 28.8 Å². The molecule has 1 atom stereocenters. The van der Waals surface area contributed by atoms with Crippen LogP contribution in [0.4, 0.5) is 13.2 Å². The molecule has 1 heterocycles. The average Bonchev–Trinajstić information content (AvgIpc) is 2.78. The predicted molar refractivity (Wildman–Crippen MR) is 111 cm³/mol. The third-order valence-corrected chi connectivity index (χ3v) is 5.39. The molecule has 0 bridgehead atoms. The highest BCUT2D eigenvalue weighted by Gasteiger charge is 2.30. The number of methoxy groups -OCH3 is 1. The Morgan fingerprint density at radius 1 is 1.16 bits per heavy atom. The second-order valence-corrected chi connectivity index (χ2v) is 7.66. The van der Waals surface area contributed by atoms with E-state index in [4.69, 9.17) is 4.74 Å². The Hall–Kier alpha value is -3.23. The maximum atomic E-state index is 13.1. The highest BCUT2D eigenvalue weighted by Crippen LogP contribution is 2.30. The summed E-state index contributed by atoms with van der Waals surface area (Å²) in [5.41, 5.74) is 0.977. The van der Waals surface area contributed by atoms with Crippen molar-refractivity contribution in [3.8, 4) is 11.5 Å². The van der Waals surface area contributed by atoms with Gasteiger partial charge in [-0.3, -0.25) is 9.59 Å². The van der Waals surface area contributed by atoms with Gasteiger partial charge in [-0.05, 0) is 54.8 Å². The minimum absolute atomic E-state index is 0.102. The van der Waals surface area contributed by atoms with E-state index in [9.17, 15) is 22.8 Å². The quantitative estimate of drug-likeness (QED) is 0.641. The summed E-state index contributed by atoms with van der Waals surface area (Å²) in [7, 11) is 2.98. The molecule has 0 aliphatic carbocycles. The average molecular weight is 450 g/mol. The number of alkyl halides is 2. The van der Waals surface area contributed by atoms with Crippen LogP contribution in [0.25, 0.3) is 0 Å². The molecule has 32 heavy (non-hydrogen) atoms. The number of hydrogen-bond acceptors (Lipinski definition) is 4. The standard InChI is InChI=1S/C23H25F3N2O4/c1-27(13-15-5-10-19(31-2)20(12-15)32-23(25)26)21(29)17-4-3-11-28(14-17)22(30)16-6-8-18(24)9-7-16/h5-10,12,17,23H,3-4,11,13-14H2,1-2H3. The van der Waals surface area contributed by atoms with E-state index < -0.39 is 12.4 Å². The fourth-order valence-corrected chi connectivity index (χ4v) is 3.81. The Morgan fingerprint density at radius 2 is 1.88 bits per heavy atom. The molecule has 3 rings (SSSR count). The lowest BCUT2D eigenvalue weighted by molar-refractivity contribution is -0.136. The Kier molecular flexibility index (Phi) is 7.61. The summed E-state index contributed by atoms with van der Waals surface area (Å²) in [5, 5.41) is 0. The first-order chi connectivity index (χ1) is 15.3. The van der Waals surface area contributed by atoms with Crippen molar-refractivity contribution in [3.05, 3.63) is 59.4 Å². The zero-order chi connectivity index (χ0) is 23.3. The highest BCUT2D eigenvalue weighted by molar-refractivity contribution is 5.94. The predicted octanol–water partition coefficient (Wildman–Crippen LogP) is 3.95. The van der Waals surface area contributed by atoms with Crippen LogP contribution in [0.15, 0.2) is 42.5 Å². The molecule has 0 saturated carbocycles. The van der Waals surface area contributed by atoms with Gasteiger partial charge in [-0.2, -0.15) is 8.78 Å². The van der Waals surface area contributed by atoms with E-state index in [0.717, 1.165) is 0 Å². The summed E-state index contributed by atoms with van der Waals surface area (Å²) >= 11 is 0. The molecule has 0 N–H and O–H groups in total. The van der Waals surface area contributed by atoms with Crippen LogP contribution in [0.5, 0.6) is 11.5 Å². The molecule has 1 saturated heterocycles. The third-order valence-electron chi connectivity index (χ3n) is 5.39. The van der Waals surface area contributed by atoms with Crippen molar-refractivity contribution in [1.29, 1.82) is 0 Å². The fraction of sp³-hybridized carbons (Fsp3) is 0.391. The first-order valence-electron chi connectivity index (χ1n) is 10.2. The highest BCUT2D eigenvalue weighted by atomic mass is 19.3. The number of amides is 2. The number of benzene rings is 2. The van der Waals surface area contributed by atoms with Gasteiger partial charge in [-0.25, -0.2) is 4.39 Å². The van der Waals surface area contributed by atoms with Gasteiger partial charge in [-0.15, -0.1) is 0 Å². The summed E-state index contributed by atoms with van der Waals surface area (Å²) in [6, 6.07) is 9.92. The summed E-state index contributed by atoms with van der Waals surface area (Å²) < 4.78 is 48.0. The van der Waals surface area contributed by atoms with Crippen LogP contribution < -0.4 is 9.47 Å². The molecule has 2 aromatic rings. The number of rotatable bonds is 7. The summed E-state index contributed by atoms with van der Waals surface area (Å²) in [6.45, 7) is -2.02. The molecule has 0 aromatic heterocycles. The van der Waals surface area contributed by atoms with E-state index in [0.29, 0.717) is 30.5 Å². The van der Waals surface area contributed by atoms with Crippen LogP contribution >= 0.6 is 0 Å². The van der Waals surface area contributed by atoms with Crippen LogP contribution in [0, 0.1) is 11.7 Å². The Labute approximate surface area is 184 Å². The Morgan fingerprint density at radius 3 is 2.53 bits per heavy atom.